The molecule has 0 aliphatic rings. The second kappa shape index (κ2) is 24.3. The number of aromatic nitrogens is 8. The van der Waals surface area contributed by atoms with Gasteiger partial charge in [0.2, 0.25) is 0 Å². The number of nitrogens with zero attached hydrogens (tertiary/aromatic N) is 8. The van der Waals surface area contributed by atoms with Crippen LogP contribution in [0.2, 0.25) is 0 Å². The lowest BCUT2D eigenvalue weighted by Gasteiger charge is -2.27. The Morgan fingerprint density at radius 2 is 0.574 bits per heavy atom. The zero-order chi connectivity index (χ0) is 67.1. The molecule has 8 heteroatoms. The molecule has 0 radical (unpaired) electrons. The highest BCUT2D eigenvalue weighted by Gasteiger charge is 2.33. The van der Waals surface area contributed by atoms with Crippen LogP contribution in [0, 0.1) is 13.8 Å². The summed E-state index contributed by atoms with van der Waals surface area (Å²) in [5, 5.41) is 6.64. The van der Waals surface area contributed by atoms with E-state index in [0.29, 0.717) is 17.3 Å². The van der Waals surface area contributed by atoms with Crippen molar-refractivity contribution in [3.05, 3.63) is 351 Å². The average Bonchev–Trinajstić information content (AvgIpc) is 1.59. The van der Waals surface area contributed by atoms with Crippen LogP contribution in [-0.4, -0.2) is 38.6 Å². The standard InChI is InChI=1S/C93H62N8/c1-59-44-48-84-71(52-59)69-38-21-23-42-82(69)99(84)88-56-75(80-57-78(63-30-13-5-14-31-63)95-92(97-80)65-34-17-7-18-35-65)90(100-83-43-24-22-39-70(83)72-53-60(2)45-49-85(72)100)89(81-58-79(64-32-15-6-16-33-64)96-93(98-81)66-36-19-8-20-37-66)91(88)101-86-50-46-67(61-26-9-3-10-27-61)54-73(86)74-55-68(47-51-87(74)101)77-41-25-40-76(94-77)62-28-11-4-12-29-62/h3-58H,1-2H3. The van der Waals surface area contributed by atoms with Crippen LogP contribution in [0.15, 0.2) is 340 Å². The van der Waals surface area contributed by atoms with Crippen molar-refractivity contribution in [2.24, 2.45) is 0 Å². The van der Waals surface area contributed by atoms with Crippen LogP contribution in [0.25, 0.3) is 184 Å². The summed E-state index contributed by atoms with van der Waals surface area (Å²) in [4.78, 5) is 28.4. The number of benzene rings is 13. The average molecular weight is 1290 g/mol. The second-order valence-electron chi connectivity index (χ2n) is 26.1. The summed E-state index contributed by atoms with van der Waals surface area (Å²) in [7, 11) is 0. The summed E-state index contributed by atoms with van der Waals surface area (Å²) in [5.74, 6) is 1.18. The lowest BCUT2D eigenvalue weighted by atomic mass is 9.94. The molecule has 0 saturated carbocycles. The predicted octanol–water partition coefficient (Wildman–Crippen LogP) is 23.6. The molecule has 0 bridgehead atoms. The molecule has 8 nitrogen and oxygen atoms in total. The van der Waals surface area contributed by atoms with Gasteiger partial charge in [-0.25, -0.2) is 24.9 Å². The van der Waals surface area contributed by atoms with Gasteiger partial charge in [0.25, 0.3) is 0 Å². The summed E-state index contributed by atoms with van der Waals surface area (Å²) < 4.78 is 7.55. The fourth-order valence-electron chi connectivity index (χ4n) is 15.1. The molecule has 0 spiro atoms. The Morgan fingerprint density at radius 1 is 0.208 bits per heavy atom. The molecule has 6 heterocycles. The summed E-state index contributed by atoms with van der Waals surface area (Å²) in [6.45, 7) is 4.37. The number of hydrogen-bond acceptors (Lipinski definition) is 5. The predicted molar refractivity (Wildman–Crippen MR) is 417 cm³/mol. The molecule has 0 aliphatic heterocycles. The van der Waals surface area contributed by atoms with Crippen molar-refractivity contribution in [2.45, 2.75) is 13.8 Å². The van der Waals surface area contributed by atoms with Crippen molar-refractivity contribution in [3.8, 4) is 119 Å². The lowest BCUT2D eigenvalue weighted by molar-refractivity contribution is 1.07. The van der Waals surface area contributed by atoms with Crippen LogP contribution in [0.5, 0.6) is 0 Å². The Hall–Kier alpha value is -13.4. The highest BCUT2D eigenvalue weighted by Crippen LogP contribution is 2.51. The molecular weight excluding hydrogens is 1230 g/mol. The van der Waals surface area contributed by atoms with Crippen LogP contribution in [-0.2, 0) is 0 Å². The first-order valence-electron chi connectivity index (χ1n) is 34.3. The third-order valence-corrected chi connectivity index (χ3v) is 19.8. The molecule has 19 aromatic rings. The van der Waals surface area contributed by atoms with Gasteiger partial charge in [-0.1, -0.05) is 260 Å². The van der Waals surface area contributed by atoms with Gasteiger partial charge >= 0.3 is 0 Å². The molecule has 0 aliphatic carbocycles. The minimum absolute atomic E-state index is 0.584. The number of hydrogen-bond donors (Lipinski definition) is 0. The van der Waals surface area contributed by atoms with Crippen molar-refractivity contribution in [1.29, 1.82) is 0 Å². The minimum atomic E-state index is 0.584. The summed E-state index contributed by atoms with van der Waals surface area (Å²) >= 11 is 0. The van der Waals surface area contributed by atoms with Crippen LogP contribution < -0.4 is 0 Å². The summed E-state index contributed by atoms with van der Waals surface area (Å²) in [6, 6.07) is 122. The highest BCUT2D eigenvalue weighted by atomic mass is 15.1. The Bertz CT molecular complexity index is 6320. The van der Waals surface area contributed by atoms with E-state index in [-0.39, 0.29) is 0 Å². The maximum absolute atomic E-state index is 6.05. The van der Waals surface area contributed by atoms with E-state index in [2.05, 4.69) is 361 Å². The number of aryl methyl sites for hydroxylation is 2. The van der Waals surface area contributed by atoms with Crippen LogP contribution in [0.3, 0.4) is 0 Å². The van der Waals surface area contributed by atoms with E-state index in [9.17, 15) is 0 Å². The van der Waals surface area contributed by atoms with Crippen molar-refractivity contribution in [2.75, 3.05) is 0 Å². The SMILES string of the molecule is Cc1ccc2c(c1)c1ccccc1n2-c1cc(-c2cc(-c3ccccc3)nc(-c3ccccc3)n2)c(-n2c3ccccc3c3cc(C)ccc32)c(-c2cc(-c3ccccc3)nc(-c3ccccc3)n2)c1-n1c2ccc(-c3ccccc3)cc2c2cc(-c3cccc(-c4ccccc4)n3)ccc21. The molecular formula is C93H62N8. The normalized spacial score (nSPS) is 11.7. The highest BCUT2D eigenvalue weighted by molar-refractivity contribution is 6.16. The van der Waals surface area contributed by atoms with E-state index in [1.54, 1.807) is 0 Å². The molecule has 0 unspecified atom stereocenters. The molecule has 0 atom stereocenters. The fraction of sp³-hybridized carbons (Fsp3) is 0.0215. The maximum atomic E-state index is 6.05. The van der Waals surface area contributed by atoms with E-state index in [4.69, 9.17) is 24.9 Å². The first-order chi connectivity index (χ1) is 49.9. The number of rotatable bonds is 12. The Labute approximate surface area is 583 Å². The molecule has 0 fully saturated rings. The number of pyridine rings is 1. The van der Waals surface area contributed by atoms with Crippen molar-refractivity contribution < 1.29 is 0 Å². The maximum Gasteiger partial charge on any atom is 0.160 e. The van der Waals surface area contributed by atoms with Crippen LogP contribution in [0.4, 0.5) is 0 Å². The Morgan fingerprint density at radius 3 is 1.11 bits per heavy atom. The number of fused-ring (bicyclic) bond motifs is 9. The van der Waals surface area contributed by atoms with E-state index >= 15 is 0 Å². The third-order valence-electron chi connectivity index (χ3n) is 19.8. The Balaban J connectivity index is 1.07. The molecule has 474 valence electrons. The van der Waals surface area contributed by atoms with Crippen LogP contribution in [0.1, 0.15) is 11.1 Å². The quantitative estimate of drug-likeness (QED) is 0.122. The van der Waals surface area contributed by atoms with Crippen molar-refractivity contribution in [1.82, 2.24) is 38.6 Å². The van der Waals surface area contributed by atoms with E-state index < -0.39 is 0 Å². The smallest absolute Gasteiger partial charge is 0.160 e. The zero-order valence-corrected chi connectivity index (χ0v) is 55.4. The fourth-order valence-corrected chi connectivity index (χ4v) is 15.1. The van der Waals surface area contributed by atoms with Gasteiger partial charge in [-0.3, -0.25) is 0 Å². The molecule has 0 amide bonds. The molecule has 0 N–H and O–H groups in total. The Kier molecular flexibility index (Phi) is 14.2. The minimum Gasteiger partial charge on any atom is -0.308 e. The molecule has 0 saturated heterocycles. The van der Waals surface area contributed by atoms with Crippen molar-refractivity contribution >= 4 is 65.4 Å². The van der Waals surface area contributed by atoms with E-state index in [1.165, 1.54) is 5.56 Å². The van der Waals surface area contributed by atoms with Crippen LogP contribution >= 0.6 is 0 Å². The first kappa shape index (κ1) is 58.9. The largest absolute Gasteiger partial charge is 0.308 e. The van der Waals surface area contributed by atoms with Gasteiger partial charge in [0.1, 0.15) is 0 Å². The molecule has 19 rings (SSSR count). The van der Waals surface area contributed by atoms with Gasteiger partial charge in [-0.2, -0.15) is 0 Å². The van der Waals surface area contributed by atoms with Gasteiger partial charge in [0.15, 0.2) is 11.6 Å². The first-order valence-corrected chi connectivity index (χ1v) is 34.3. The molecule has 101 heavy (non-hydrogen) atoms. The summed E-state index contributed by atoms with van der Waals surface area (Å²) in [6.07, 6.45) is 0. The van der Waals surface area contributed by atoms with E-state index in [0.717, 1.165) is 172 Å². The summed E-state index contributed by atoms with van der Waals surface area (Å²) in [5.41, 5.74) is 25.6. The molecule has 13 aromatic carbocycles. The van der Waals surface area contributed by atoms with E-state index in [1.807, 2.05) is 6.07 Å². The van der Waals surface area contributed by atoms with Gasteiger partial charge in [0, 0.05) is 71.3 Å². The molecule has 6 aromatic heterocycles. The lowest BCUT2D eigenvalue weighted by Crippen LogP contribution is -2.12. The van der Waals surface area contributed by atoms with Gasteiger partial charge in [0.05, 0.1) is 89.9 Å². The zero-order valence-electron chi connectivity index (χ0n) is 55.4. The van der Waals surface area contributed by atoms with Gasteiger partial charge in [-0.15, -0.1) is 0 Å². The second-order valence-corrected chi connectivity index (χ2v) is 26.1. The monoisotopic (exact) mass is 1290 g/mol. The van der Waals surface area contributed by atoms with Gasteiger partial charge < -0.3 is 13.7 Å². The van der Waals surface area contributed by atoms with Gasteiger partial charge in [-0.05, 0) is 116 Å². The topological polar surface area (TPSA) is 79.2 Å². The van der Waals surface area contributed by atoms with Crippen molar-refractivity contribution in [3.63, 3.8) is 0 Å². The third kappa shape index (κ3) is 10.2. The number of para-hydroxylation sites is 2.